The quantitative estimate of drug-likeness (QED) is 0.788. The summed E-state index contributed by atoms with van der Waals surface area (Å²) in [6, 6.07) is 8.35. The molecule has 0 spiro atoms. The van der Waals surface area contributed by atoms with Gasteiger partial charge in [0.2, 0.25) is 0 Å². The largest absolute Gasteiger partial charge is 0.488 e. The summed E-state index contributed by atoms with van der Waals surface area (Å²) < 4.78 is 5.80. The van der Waals surface area contributed by atoms with Gasteiger partial charge in [0.1, 0.15) is 11.9 Å². The first-order valence-electron chi connectivity index (χ1n) is 5.92. The minimum Gasteiger partial charge on any atom is -0.488 e. The highest BCUT2D eigenvalue weighted by Gasteiger charge is 2.22. The zero-order valence-corrected chi connectivity index (χ0v) is 9.65. The fourth-order valence-electron chi connectivity index (χ4n) is 2.00. The van der Waals surface area contributed by atoms with Gasteiger partial charge in [-0.1, -0.05) is 25.1 Å². The first-order valence-corrected chi connectivity index (χ1v) is 5.92. The third-order valence-corrected chi connectivity index (χ3v) is 3.06. The molecule has 2 rings (SSSR count). The van der Waals surface area contributed by atoms with Crippen LogP contribution in [0.1, 0.15) is 18.9 Å². The predicted molar refractivity (Wildman–Crippen MR) is 63.7 cm³/mol. The lowest BCUT2D eigenvalue weighted by molar-refractivity contribution is 0.195. The number of nitrogens with one attached hydrogen (secondary N) is 1. The van der Waals surface area contributed by atoms with Crippen LogP contribution in [0.15, 0.2) is 24.3 Å². The van der Waals surface area contributed by atoms with E-state index >= 15 is 0 Å². The van der Waals surface area contributed by atoms with Gasteiger partial charge >= 0.3 is 0 Å². The molecule has 0 saturated carbocycles. The van der Waals surface area contributed by atoms with Gasteiger partial charge in [-0.25, -0.2) is 0 Å². The van der Waals surface area contributed by atoms with Gasteiger partial charge in [-0.15, -0.1) is 0 Å². The molecule has 0 aliphatic carbocycles. The van der Waals surface area contributed by atoms with Crippen LogP contribution in [0.4, 0.5) is 0 Å². The number of benzene rings is 1. The molecule has 2 N–H and O–H groups in total. The first kappa shape index (κ1) is 11.4. The fourth-order valence-corrected chi connectivity index (χ4v) is 2.00. The van der Waals surface area contributed by atoms with E-state index in [9.17, 15) is 0 Å². The van der Waals surface area contributed by atoms with Crippen molar-refractivity contribution >= 4 is 0 Å². The minimum absolute atomic E-state index is 0.187. The molecule has 0 amide bonds. The highest BCUT2D eigenvalue weighted by atomic mass is 16.5. The lowest BCUT2D eigenvalue weighted by Crippen LogP contribution is -2.39. The predicted octanol–water partition coefficient (Wildman–Crippen LogP) is 1.35. The average Bonchev–Trinajstić information content (AvgIpc) is 2.73. The van der Waals surface area contributed by atoms with Crippen LogP contribution in [0.25, 0.3) is 0 Å². The number of hydrogen-bond acceptors (Lipinski definition) is 3. The SMILES string of the molecule is CCC(CO)NCC1Cc2ccccc2O1. The van der Waals surface area contributed by atoms with Crippen molar-refractivity contribution in [1.29, 1.82) is 0 Å². The Hall–Kier alpha value is -1.06. The van der Waals surface area contributed by atoms with Gasteiger partial charge in [-0.3, -0.25) is 0 Å². The van der Waals surface area contributed by atoms with Gasteiger partial charge in [0, 0.05) is 19.0 Å². The summed E-state index contributed by atoms with van der Waals surface area (Å²) in [6.07, 6.45) is 2.11. The Balaban J connectivity index is 1.83. The van der Waals surface area contributed by atoms with E-state index in [0.717, 1.165) is 25.1 Å². The summed E-state index contributed by atoms with van der Waals surface area (Å²) in [5.41, 5.74) is 1.28. The zero-order chi connectivity index (χ0) is 11.4. The lowest BCUT2D eigenvalue weighted by atomic mass is 10.1. The van der Waals surface area contributed by atoms with E-state index in [0.29, 0.717) is 0 Å². The summed E-state index contributed by atoms with van der Waals surface area (Å²) >= 11 is 0. The smallest absolute Gasteiger partial charge is 0.123 e. The first-order chi connectivity index (χ1) is 7.83. The van der Waals surface area contributed by atoms with Gasteiger partial charge < -0.3 is 15.2 Å². The molecule has 0 aromatic heterocycles. The number of aliphatic hydroxyl groups excluding tert-OH is 1. The van der Waals surface area contributed by atoms with Crippen molar-refractivity contribution in [2.75, 3.05) is 13.2 Å². The molecule has 1 aliphatic heterocycles. The Morgan fingerprint density at radius 1 is 1.50 bits per heavy atom. The number of para-hydroxylation sites is 1. The van der Waals surface area contributed by atoms with E-state index in [1.807, 2.05) is 18.2 Å². The Morgan fingerprint density at radius 3 is 3.00 bits per heavy atom. The second kappa shape index (κ2) is 5.32. The molecular weight excluding hydrogens is 202 g/mol. The maximum Gasteiger partial charge on any atom is 0.123 e. The van der Waals surface area contributed by atoms with Gasteiger partial charge in [0.15, 0.2) is 0 Å². The van der Waals surface area contributed by atoms with E-state index in [1.165, 1.54) is 5.56 Å². The van der Waals surface area contributed by atoms with Crippen LogP contribution in [0, 0.1) is 0 Å². The Morgan fingerprint density at radius 2 is 2.31 bits per heavy atom. The molecule has 1 heterocycles. The van der Waals surface area contributed by atoms with E-state index < -0.39 is 0 Å². The topological polar surface area (TPSA) is 41.5 Å². The summed E-state index contributed by atoms with van der Waals surface area (Å²) in [5.74, 6) is 1.01. The van der Waals surface area contributed by atoms with Gasteiger partial charge in [0.05, 0.1) is 6.61 Å². The molecule has 88 valence electrons. The summed E-state index contributed by atoms with van der Waals surface area (Å²) in [6.45, 7) is 3.06. The van der Waals surface area contributed by atoms with Gasteiger partial charge in [0.25, 0.3) is 0 Å². The van der Waals surface area contributed by atoms with Crippen molar-refractivity contribution in [3.05, 3.63) is 29.8 Å². The second-order valence-corrected chi connectivity index (χ2v) is 4.25. The van der Waals surface area contributed by atoms with Crippen LogP contribution < -0.4 is 10.1 Å². The number of ether oxygens (including phenoxy) is 1. The Bertz CT molecular complexity index is 311. The maximum atomic E-state index is 9.07. The maximum absolute atomic E-state index is 9.07. The third-order valence-electron chi connectivity index (χ3n) is 3.06. The molecule has 1 aromatic carbocycles. The third kappa shape index (κ3) is 2.54. The van der Waals surface area contributed by atoms with E-state index in [2.05, 4.69) is 18.3 Å². The summed E-state index contributed by atoms with van der Waals surface area (Å²) in [7, 11) is 0. The number of aliphatic hydroxyl groups is 1. The lowest BCUT2D eigenvalue weighted by Gasteiger charge is -2.17. The van der Waals surface area contributed by atoms with Crippen LogP contribution in [0.2, 0.25) is 0 Å². The monoisotopic (exact) mass is 221 g/mol. The number of fused-ring (bicyclic) bond motifs is 1. The van der Waals surface area contributed by atoms with E-state index in [-0.39, 0.29) is 18.8 Å². The molecule has 3 heteroatoms. The number of hydrogen-bond donors (Lipinski definition) is 2. The normalized spacial score (nSPS) is 20.2. The fraction of sp³-hybridized carbons (Fsp3) is 0.538. The van der Waals surface area contributed by atoms with Crippen molar-refractivity contribution in [1.82, 2.24) is 5.32 Å². The summed E-state index contributed by atoms with van der Waals surface area (Å²) in [4.78, 5) is 0. The second-order valence-electron chi connectivity index (χ2n) is 4.25. The van der Waals surface area contributed by atoms with Gasteiger partial charge in [-0.2, -0.15) is 0 Å². The van der Waals surface area contributed by atoms with Crippen LogP contribution in [-0.4, -0.2) is 30.4 Å². The van der Waals surface area contributed by atoms with Crippen LogP contribution in [0.5, 0.6) is 5.75 Å². The van der Waals surface area contributed by atoms with Crippen molar-refractivity contribution < 1.29 is 9.84 Å². The molecule has 1 aromatic rings. The van der Waals surface area contributed by atoms with Crippen molar-refractivity contribution in [2.45, 2.75) is 31.9 Å². The van der Waals surface area contributed by atoms with Crippen LogP contribution >= 0.6 is 0 Å². The van der Waals surface area contributed by atoms with E-state index in [1.54, 1.807) is 0 Å². The summed E-state index contributed by atoms with van der Waals surface area (Å²) in [5, 5.41) is 12.4. The highest BCUT2D eigenvalue weighted by molar-refractivity contribution is 5.37. The molecule has 2 atom stereocenters. The Labute approximate surface area is 96.4 Å². The van der Waals surface area contributed by atoms with Crippen molar-refractivity contribution in [2.24, 2.45) is 0 Å². The van der Waals surface area contributed by atoms with Crippen LogP contribution in [0.3, 0.4) is 0 Å². The molecule has 3 nitrogen and oxygen atoms in total. The van der Waals surface area contributed by atoms with Crippen LogP contribution in [-0.2, 0) is 6.42 Å². The minimum atomic E-state index is 0.187. The molecular formula is C13H19NO2. The molecule has 0 fully saturated rings. The molecule has 0 radical (unpaired) electrons. The number of rotatable bonds is 5. The molecule has 0 bridgehead atoms. The van der Waals surface area contributed by atoms with Crippen molar-refractivity contribution in [3.8, 4) is 5.75 Å². The molecule has 2 unspecified atom stereocenters. The van der Waals surface area contributed by atoms with Gasteiger partial charge in [-0.05, 0) is 18.1 Å². The molecule has 16 heavy (non-hydrogen) atoms. The standard InChI is InChI=1S/C13H19NO2/c1-2-11(9-15)14-8-12-7-10-5-3-4-6-13(10)16-12/h3-6,11-12,14-15H,2,7-9H2,1H3. The van der Waals surface area contributed by atoms with E-state index in [4.69, 9.17) is 9.84 Å². The van der Waals surface area contributed by atoms with Crippen molar-refractivity contribution in [3.63, 3.8) is 0 Å². The Kier molecular flexibility index (Phi) is 3.80. The average molecular weight is 221 g/mol. The zero-order valence-electron chi connectivity index (χ0n) is 9.65. The molecule has 0 saturated heterocycles. The molecule has 1 aliphatic rings. The highest BCUT2D eigenvalue weighted by Crippen LogP contribution is 2.27.